The molecule has 1 aromatic carbocycles. The number of aromatic hydroxyl groups is 1. The first-order chi connectivity index (χ1) is 13.6. The Labute approximate surface area is 161 Å². The van der Waals surface area contributed by atoms with E-state index in [1.54, 1.807) is 24.5 Å². The molecule has 0 aromatic heterocycles. The van der Waals surface area contributed by atoms with Crippen molar-refractivity contribution >= 4 is 29.7 Å². The predicted molar refractivity (Wildman–Crippen MR) is 106 cm³/mol. The van der Waals surface area contributed by atoms with Crippen LogP contribution in [-0.4, -0.2) is 47.4 Å². The van der Waals surface area contributed by atoms with Crippen LogP contribution >= 0.6 is 0 Å². The summed E-state index contributed by atoms with van der Waals surface area (Å²) < 4.78 is 0. The number of fused-ring (bicyclic) bond motifs is 3. The van der Waals surface area contributed by atoms with Gasteiger partial charge in [0.15, 0.2) is 6.17 Å². The minimum atomic E-state index is -0.346. The molecule has 144 valence electrons. The van der Waals surface area contributed by atoms with Gasteiger partial charge < -0.3 is 26.8 Å². The number of aliphatic imine (C=N–C) groups is 3. The molecule has 1 saturated carbocycles. The fraction of sp³-hybridized carbons (Fsp3) is 0.368. The SMILES string of the molecule is NC(=O)C1C2C=CC(C2)C1N=C1NC(Nc2cccc(O)c2)=NC2N=CNC12. The highest BCUT2D eigenvalue weighted by Crippen LogP contribution is 2.45. The minimum absolute atomic E-state index is 0.159. The highest BCUT2D eigenvalue weighted by molar-refractivity contribution is 6.10. The first-order valence-electron chi connectivity index (χ1n) is 9.32. The van der Waals surface area contributed by atoms with Crippen molar-refractivity contribution in [2.45, 2.75) is 24.7 Å². The van der Waals surface area contributed by atoms with Crippen molar-refractivity contribution in [3.8, 4) is 5.75 Å². The number of amides is 1. The molecular weight excluding hydrogens is 358 g/mol. The van der Waals surface area contributed by atoms with Gasteiger partial charge in [-0.3, -0.25) is 9.79 Å². The number of benzene rings is 1. The maximum atomic E-state index is 12.0. The summed E-state index contributed by atoms with van der Waals surface area (Å²) in [5.74, 6) is 1.12. The quantitative estimate of drug-likeness (QED) is 0.477. The average Bonchev–Trinajstić information content (AvgIpc) is 3.37. The van der Waals surface area contributed by atoms with Crippen LogP contribution in [0, 0.1) is 17.8 Å². The number of nitrogens with zero attached hydrogens (tertiary/aromatic N) is 3. The molecule has 1 aromatic rings. The van der Waals surface area contributed by atoms with Crippen molar-refractivity contribution in [1.82, 2.24) is 10.6 Å². The lowest BCUT2D eigenvalue weighted by atomic mass is 9.88. The van der Waals surface area contributed by atoms with Crippen molar-refractivity contribution in [2.24, 2.45) is 38.5 Å². The Morgan fingerprint density at radius 1 is 1.32 bits per heavy atom. The Morgan fingerprint density at radius 3 is 3.00 bits per heavy atom. The van der Waals surface area contributed by atoms with Gasteiger partial charge in [-0.1, -0.05) is 18.2 Å². The van der Waals surface area contributed by atoms with E-state index in [-0.39, 0.29) is 47.7 Å². The smallest absolute Gasteiger partial charge is 0.223 e. The number of anilines is 1. The summed E-state index contributed by atoms with van der Waals surface area (Å²) in [4.78, 5) is 25.8. The number of phenolic OH excluding ortho intramolecular Hbond substituents is 1. The largest absolute Gasteiger partial charge is 0.508 e. The summed E-state index contributed by atoms with van der Waals surface area (Å²) in [6.45, 7) is 0. The monoisotopic (exact) mass is 379 g/mol. The predicted octanol–water partition coefficient (Wildman–Crippen LogP) is 0.164. The maximum absolute atomic E-state index is 12.0. The van der Waals surface area contributed by atoms with Gasteiger partial charge in [-0.2, -0.15) is 0 Å². The molecule has 5 rings (SSSR count). The van der Waals surface area contributed by atoms with Gasteiger partial charge in [-0.15, -0.1) is 0 Å². The number of allylic oxidation sites excluding steroid dienone is 1. The molecule has 2 bridgehead atoms. The van der Waals surface area contributed by atoms with Crippen LogP contribution < -0.4 is 21.7 Å². The minimum Gasteiger partial charge on any atom is -0.508 e. The molecular formula is C19H21N7O2. The molecule has 2 heterocycles. The lowest BCUT2D eigenvalue weighted by Crippen LogP contribution is -2.55. The molecule has 0 spiro atoms. The average molecular weight is 379 g/mol. The Hall–Kier alpha value is -3.36. The van der Waals surface area contributed by atoms with E-state index in [0.29, 0.717) is 17.5 Å². The summed E-state index contributed by atoms with van der Waals surface area (Å²) in [5, 5.41) is 19.2. The second-order valence-electron chi connectivity index (χ2n) is 7.50. The third kappa shape index (κ3) is 2.79. The molecule has 28 heavy (non-hydrogen) atoms. The number of phenols is 1. The number of amidine groups is 1. The number of rotatable bonds is 3. The number of nitrogens with one attached hydrogen (secondary N) is 3. The zero-order chi connectivity index (χ0) is 19.3. The van der Waals surface area contributed by atoms with Gasteiger partial charge in [0, 0.05) is 17.7 Å². The lowest BCUT2D eigenvalue weighted by Gasteiger charge is -2.29. The number of hydrogen-bond donors (Lipinski definition) is 5. The van der Waals surface area contributed by atoms with Crippen molar-refractivity contribution in [1.29, 1.82) is 0 Å². The summed E-state index contributed by atoms with van der Waals surface area (Å²) in [6, 6.07) is 6.39. The van der Waals surface area contributed by atoms with Crippen LogP contribution in [-0.2, 0) is 4.79 Å². The van der Waals surface area contributed by atoms with E-state index in [1.807, 2.05) is 6.07 Å². The van der Waals surface area contributed by atoms with Crippen LogP contribution in [0.15, 0.2) is 51.4 Å². The first-order valence-corrected chi connectivity index (χ1v) is 9.32. The molecule has 4 aliphatic rings. The zero-order valence-electron chi connectivity index (χ0n) is 15.0. The molecule has 1 amide bonds. The van der Waals surface area contributed by atoms with Crippen LogP contribution in [0.4, 0.5) is 5.69 Å². The second kappa shape index (κ2) is 6.36. The van der Waals surface area contributed by atoms with Gasteiger partial charge in [0.1, 0.15) is 17.6 Å². The van der Waals surface area contributed by atoms with Crippen LogP contribution in [0.2, 0.25) is 0 Å². The van der Waals surface area contributed by atoms with E-state index < -0.39 is 0 Å². The Bertz CT molecular complexity index is 938. The van der Waals surface area contributed by atoms with Gasteiger partial charge in [0.25, 0.3) is 0 Å². The molecule has 0 saturated heterocycles. The van der Waals surface area contributed by atoms with Gasteiger partial charge in [-0.05, 0) is 24.5 Å². The van der Waals surface area contributed by atoms with E-state index >= 15 is 0 Å². The molecule has 9 heteroatoms. The number of carbonyl (C=O) groups is 1. The summed E-state index contributed by atoms with van der Waals surface area (Å²) in [5.41, 5.74) is 6.36. The summed E-state index contributed by atoms with van der Waals surface area (Å²) >= 11 is 0. The van der Waals surface area contributed by atoms with Crippen LogP contribution in [0.25, 0.3) is 0 Å². The number of carbonyl (C=O) groups excluding carboxylic acids is 1. The second-order valence-corrected chi connectivity index (χ2v) is 7.50. The van der Waals surface area contributed by atoms with Crippen LogP contribution in [0.3, 0.4) is 0 Å². The molecule has 6 unspecified atom stereocenters. The third-order valence-electron chi connectivity index (χ3n) is 5.73. The zero-order valence-corrected chi connectivity index (χ0v) is 15.0. The topological polar surface area (TPSA) is 136 Å². The standard InChI is InChI=1S/C19H21N7O2/c20-16(28)13-9-4-5-10(6-9)14(13)24-18-15-17(22-8-21-15)25-19(26-18)23-11-2-1-3-12(27)7-11/h1-5,7-10,13-15,17,27H,6H2,(H2,20,28)(H,21,22)(H2,23,24,25,26). The normalized spacial score (nSPS) is 36.0. The lowest BCUT2D eigenvalue weighted by molar-refractivity contribution is -0.122. The fourth-order valence-corrected chi connectivity index (χ4v) is 4.47. The van der Waals surface area contributed by atoms with Crippen molar-refractivity contribution in [2.75, 3.05) is 5.32 Å². The molecule has 1 fully saturated rings. The number of primary amides is 1. The van der Waals surface area contributed by atoms with E-state index in [2.05, 4.69) is 38.1 Å². The van der Waals surface area contributed by atoms with Gasteiger partial charge >= 0.3 is 0 Å². The molecule has 9 nitrogen and oxygen atoms in total. The van der Waals surface area contributed by atoms with Gasteiger partial charge in [0.2, 0.25) is 11.9 Å². The Balaban J connectivity index is 1.43. The summed E-state index contributed by atoms with van der Waals surface area (Å²) in [7, 11) is 0. The molecule has 6 N–H and O–H groups in total. The molecule has 0 radical (unpaired) electrons. The van der Waals surface area contributed by atoms with E-state index in [1.165, 1.54) is 0 Å². The number of nitrogens with two attached hydrogens (primary N) is 1. The van der Waals surface area contributed by atoms with Gasteiger partial charge in [0.05, 0.1) is 18.3 Å². The highest BCUT2D eigenvalue weighted by Gasteiger charge is 2.48. The van der Waals surface area contributed by atoms with E-state index in [9.17, 15) is 9.90 Å². The van der Waals surface area contributed by atoms with E-state index in [0.717, 1.165) is 6.42 Å². The molecule has 6 atom stereocenters. The van der Waals surface area contributed by atoms with Crippen LogP contribution in [0.1, 0.15) is 6.42 Å². The third-order valence-corrected chi connectivity index (χ3v) is 5.73. The van der Waals surface area contributed by atoms with Crippen molar-refractivity contribution in [3.05, 3.63) is 36.4 Å². The first kappa shape index (κ1) is 16.8. The van der Waals surface area contributed by atoms with E-state index in [4.69, 9.17) is 10.7 Å². The van der Waals surface area contributed by atoms with Crippen molar-refractivity contribution < 1.29 is 9.90 Å². The Morgan fingerprint density at radius 2 is 2.18 bits per heavy atom. The summed E-state index contributed by atoms with van der Waals surface area (Å²) in [6.07, 6.45) is 6.41. The highest BCUT2D eigenvalue weighted by atomic mass is 16.3. The van der Waals surface area contributed by atoms with Crippen molar-refractivity contribution in [3.63, 3.8) is 0 Å². The fourth-order valence-electron chi connectivity index (χ4n) is 4.47. The van der Waals surface area contributed by atoms with Crippen LogP contribution in [0.5, 0.6) is 5.75 Å². The molecule has 2 aliphatic carbocycles. The molecule has 2 aliphatic heterocycles. The number of guanidine groups is 1. The maximum Gasteiger partial charge on any atom is 0.223 e. The Kier molecular flexibility index (Phi) is 3.81. The number of hydrogen-bond acceptors (Lipinski definition) is 7. The van der Waals surface area contributed by atoms with Gasteiger partial charge in [-0.25, -0.2) is 9.98 Å².